The maximum absolute atomic E-state index is 10.8. The fourth-order valence-electron chi connectivity index (χ4n) is 1.92. The summed E-state index contributed by atoms with van der Waals surface area (Å²) < 4.78 is 0. The summed E-state index contributed by atoms with van der Waals surface area (Å²) in [4.78, 5) is 13.1. The standard InChI is InChI=1S/C12H16N2O/c1-10(15)13-12-8-14(9-12)7-11-5-3-2-4-6-11/h2-6,12H,7-9H2,1H3,(H,13,15). The van der Waals surface area contributed by atoms with Gasteiger partial charge in [-0.25, -0.2) is 0 Å². The molecule has 1 aromatic rings. The van der Waals surface area contributed by atoms with Crippen LogP contribution in [0.4, 0.5) is 0 Å². The highest BCUT2D eigenvalue weighted by molar-refractivity contribution is 5.73. The van der Waals surface area contributed by atoms with E-state index in [1.807, 2.05) is 6.07 Å². The van der Waals surface area contributed by atoms with Crippen molar-refractivity contribution in [3.8, 4) is 0 Å². The molecule has 15 heavy (non-hydrogen) atoms. The molecule has 0 radical (unpaired) electrons. The van der Waals surface area contributed by atoms with Crippen molar-refractivity contribution in [1.82, 2.24) is 10.2 Å². The van der Waals surface area contributed by atoms with Gasteiger partial charge in [0.1, 0.15) is 0 Å². The molecule has 0 aliphatic carbocycles. The van der Waals surface area contributed by atoms with Crippen molar-refractivity contribution in [3.63, 3.8) is 0 Å². The Balaban J connectivity index is 1.74. The van der Waals surface area contributed by atoms with Crippen molar-refractivity contribution in [2.24, 2.45) is 0 Å². The number of carbonyl (C=O) groups is 1. The molecule has 1 saturated heterocycles. The van der Waals surface area contributed by atoms with Crippen LogP contribution in [-0.4, -0.2) is 29.9 Å². The summed E-state index contributed by atoms with van der Waals surface area (Å²) in [6.45, 7) is 4.49. The molecule has 1 aliphatic heterocycles. The number of rotatable bonds is 3. The zero-order valence-electron chi connectivity index (χ0n) is 8.94. The maximum Gasteiger partial charge on any atom is 0.217 e. The van der Waals surface area contributed by atoms with Gasteiger partial charge in [-0.1, -0.05) is 30.3 Å². The highest BCUT2D eigenvalue weighted by Gasteiger charge is 2.26. The number of benzene rings is 1. The van der Waals surface area contributed by atoms with Crippen molar-refractivity contribution in [2.45, 2.75) is 19.5 Å². The van der Waals surface area contributed by atoms with Gasteiger partial charge in [-0.2, -0.15) is 0 Å². The predicted molar refractivity (Wildman–Crippen MR) is 59.3 cm³/mol. The lowest BCUT2D eigenvalue weighted by Crippen LogP contribution is -2.58. The SMILES string of the molecule is CC(=O)NC1CN(Cc2ccccc2)C1. The molecule has 0 aromatic heterocycles. The van der Waals surface area contributed by atoms with Gasteiger partial charge in [-0.3, -0.25) is 9.69 Å². The lowest BCUT2D eigenvalue weighted by atomic mass is 10.1. The predicted octanol–water partition coefficient (Wildman–Crippen LogP) is 1.01. The first-order valence-electron chi connectivity index (χ1n) is 5.27. The first-order chi connectivity index (χ1) is 7.24. The van der Waals surface area contributed by atoms with Crippen molar-refractivity contribution < 1.29 is 4.79 Å². The fourth-order valence-corrected chi connectivity index (χ4v) is 1.92. The van der Waals surface area contributed by atoms with Gasteiger partial charge in [0.2, 0.25) is 5.91 Å². The first kappa shape index (κ1) is 10.2. The minimum Gasteiger partial charge on any atom is -0.351 e. The molecule has 0 unspecified atom stereocenters. The van der Waals surface area contributed by atoms with E-state index in [2.05, 4.69) is 34.5 Å². The molecule has 0 atom stereocenters. The average molecular weight is 204 g/mol. The lowest BCUT2D eigenvalue weighted by Gasteiger charge is -2.39. The van der Waals surface area contributed by atoms with E-state index in [9.17, 15) is 4.79 Å². The summed E-state index contributed by atoms with van der Waals surface area (Å²) in [7, 11) is 0. The molecule has 1 aliphatic rings. The van der Waals surface area contributed by atoms with Crippen LogP contribution in [0.3, 0.4) is 0 Å². The first-order valence-corrected chi connectivity index (χ1v) is 5.27. The van der Waals surface area contributed by atoms with Crippen LogP contribution in [0.2, 0.25) is 0 Å². The van der Waals surface area contributed by atoms with E-state index < -0.39 is 0 Å². The van der Waals surface area contributed by atoms with Crippen molar-refractivity contribution >= 4 is 5.91 Å². The fraction of sp³-hybridized carbons (Fsp3) is 0.417. The van der Waals surface area contributed by atoms with Gasteiger partial charge in [0.25, 0.3) is 0 Å². The van der Waals surface area contributed by atoms with Gasteiger partial charge < -0.3 is 5.32 Å². The maximum atomic E-state index is 10.8. The number of amides is 1. The number of nitrogens with zero attached hydrogens (tertiary/aromatic N) is 1. The zero-order valence-corrected chi connectivity index (χ0v) is 8.94. The Morgan fingerprint density at radius 3 is 2.67 bits per heavy atom. The van der Waals surface area contributed by atoms with Gasteiger partial charge in [-0.15, -0.1) is 0 Å². The van der Waals surface area contributed by atoms with Crippen molar-refractivity contribution in [2.75, 3.05) is 13.1 Å². The monoisotopic (exact) mass is 204 g/mol. The van der Waals surface area contributed by atoms with E-state index >= 15 is 0 Å². The van der Waals surface area contributed by atoms with Gasteiger partial charge in [0.15, 0.2) is 0 Å². The van der Waals surface area contributed by atoms with Crippen LogP contribution >= 0.6 is 0 Å². The van der Waals surface area contributed by atoms with Crippen LogP contribution in [0.5, 0.6) is 0 Å². The van der Waals surface area contributed by atoms with Crippen molar-refractivity contribution in [1.29, 1.82) is 0 Å². The molecule has 3 nitrogen and oxygen atoms in total. The second kappa shape index (κ2) is 4.45. The third-order valence-corrected chi connectivity index (χ3v) is 2.61. The summed E-state index contributed by atoms with van der Waals surface area (Å²) in [5, 5.41) is 2.91. The van der Waals surface area contributed by atoms with Crippen LogP contribution in [0.25, 0.3) is 0 Å². The third-order valence-electron chi connectivity index (χ3n) is 2.61. The summed E-state index contributed by atoms with van der Waals surface area (Å²) in [5.74, 6) is 0.0689. The molecular weight excluding hydrogens is 188 g/mol. The number of hydrogen-bond donors (Lipinski definition) is 1. The molecule has 80 valence electrons. The summed E-state index contributed by atoms with van der Waals surface area (Å²) in [6, 6.07) is 10.8. The van der Waals surface area contributed by atoms with E-state index in [-0.39, 0.29) is 5.91 Å². The van der Waals surface area contributed by atoms with Crippen LogP contribution in [-0.2, 0) is 11.3 Å². The van der Waals surface area contributed by atoms with Crippen LogP contribution < -0.4 is 5.32 Å². The van der Waals surface area contributed by atoms with Crippen LogP contribution in [0.1, 0.15) is 12.5 Å². The quantitative estimate of drug-likeness (QED) is 0.797. The van der Waals surface area contributed by atoms with Crippen molar-refractivity contribution in [3.05, 3.63) is 35.9 Å². The van der Waals surface area contributed by atoms with Gasteiger partial charge >= 0.3 is 0 Å². The van der Waals surface area contributed by atoms with Gasteiger partial charge in [0.05, 0.1) is 6.04 Å². The highest BCUT2D eigenvalue weighted by Crippen LogP contribution is 2.12. The minimum atomic E-state index is 0.0689. The molecule has 0 spiro atoms. The smallest absolute Gasteiger partial charge is 0.217 e. The number of likely N-dealkylation sites (tertiary alicyclic amines) is 1. The summed E-state index contributed by atoms with van der Waals surface area (Å²) in [5.41, 5.74) is 1.33. The number of nitrogens with one attached hydrogen (secondary N) is 1. The molecule has 0 bridgehead atoms. The Hall–Kier alpha value is -1.35. The third kappa shape index (κ3) is 2.80. The van der Waals surface area contributed by atoms with E-state index in [4.69, 9.17) is 0 Å². The van der Waals surface area contributed by atoms with Gasteiger partial charge in [0, 0.05) is 26.6 Å². The zero-order chi connectivity index (χ0) is 10.7. The second-order valence-electron chi connectivity index (χ2n) is 4.08. The average Bonchev–Trinajstić information content (AvgIpc) is 2.15. The Morgan fingerprint density at radius 1 is 1.40 bits per heavy atom. The topological polar surface area (TPSA) is 32.3 Å². The molecule has 1 fully saturated rings. The Labute approximate surface area is 90.1 Å². The number of hydrogen-bond acceptors (Lipinski definition) is 2. The Kier molecular flexibility index (Phi) is 3.02. The normalized spacial score (nSPS) is 17.1. The molecule has 2 rings (SSSR count). The van der Waals surface area contributed by atoms with E-state index in [1.54, 1.807) is 6.92 Å². The van der Waals surface area contributed by atoms with Crippen LogP contribution in [0.15, 0.2) is 30.3 Å². The Morgan fingerprint density at radius 2 is 2.07 bits per heavy atom. The molecule has 1 amide bonds. The minimum absolute atomic E-state index is 0.0689. The molecule has 3 heteroatoms. The van der Waals surface area contributed by atoms with E-state index in [0.717, 1.165) is 19.6 Å². The molecular formula is C12H16N2O. The molecule has 1 N–H and O–H groups in total. The summed E-state index contributed by atoms with van der Waals surface area (Å²) >= 11 is 0. The lowest BCUT2D eigenvalue weighted by molar-refractivity contribution is -0.120. The second-order valence-corrected chi connectivity index (χ2v) is 4.08. The Bertz CT molecular complexity index is 331. The highest BCUT2D eigenvalue weighted by atomic mass is 16.1. The number of carbonyl (C=O) groups excluding carboxylic acids is 1. The van der Waals surface area contributed by atoms with E-state index in [0.29, 0.717) is 6.04 Å². The van der Waals surface area contributed by atoms with Crippen LogP contribution in [0, 0.1) is 0 Å². The summed E-state index contributed by atoms with van der Waals surface area (Å²) in [6.07, 6.45) is 0. The molecule has 1 heterocycles. The largest absolute Gasteiger partial charge is 0.351 e. The van der Waals surface area contributed by atoms with Gasteiger partial charge in [-0.05, 0) is 5.56 Å². The molecule has 0 saturated carbocycles. The van der Waals surface area contributed by atoms with E-state index in [1.165, 1.54) is 5.56 Å². The molecule has 1 aromatic carbocycles.